The number of nitrogens with one attached hydrogen (secondary N) is 1. The van der Waals surface area contributed by atoms with E-state index in [4.69, 9.17) is 5.11 Å². The van der Waals surface area contributed by atoms with Crippen LogP contribution in [0.3, 0.4) is 0 Å². The molecular weight excluding hydrogens is 244 g/mol. The van der Waals surface area contributed by atoms with Gasteiger partial charge in [-0.3, -0.25) is 4.79 Å². The fourth-order valence-electron chi connectivity index (χ4n) is 1.18. The average Bonchev–Trinajstić information content (AvgIpc) is 2.25. The Morgan fingerprint density at radius 2 is 1.56 bits per heavy atom. The molecule has 0 aromatic heterocycles. The standard InChI is InChI=1S/C12H11F2NO3/c1-6(7(2)12(17)18)11(16)15-10-4-8(13)3-9(14)5-10/h3-5H,1-2H3,(H,15,16)(H,17,18)/b7-6-. The minimum atomic E-state index is -1.23. The summed E-state index contributed by atoms with van der Waals surface area (Å²) in [5.41, 5.74) is -0.244. The topological polar surface area (TPSA) is 66.4 Å². The van der Waals surface area contributed by atoms with Gasteiger partial charge in [0, 0.05) is 22.9 Å². The molecule has 0 unspecified atom stereocenters. The summed E-state index contributed by atoms with van der Waals surface area (Å²) in [6.07, 6.45) is 0. The second-order valence-corrected chi connectivity index (χ2v) is 3.67. The van der Waals surface area contributed by atoms with E-state index in [-0.39, 0.29) is 16.8 Å². The van der Waals surface area contributed by atoms with Crippen molar-refractivity contribution in [2.45, 2.75) is 13.8 Å². The third-order valence-corrected chi connectivity index (χ3v) is 2.34. The number of hydrogen-bond acceptors (Lipinski definition) is 2. The summed E-state index contributed by atoms with van der Waals surface area (Å²) in [6.45, 7) is 2.58. The Hall–Kier alpha value is -2.24. The molecule has 2 N–H and O–H groups in total. The lowest BCUT2D eigenvalue weighted by atomic mass is 10.1. The van der Waals surface area contributed by atoms with Gasteiger partial charge in [-0.25, -0.2) is 13.6 Å². The van der Waals surface area contributed by atoms with Crippen LogP contribution in [0.2, 0.25) is 0 Å². The summed E-state index contributed by atoms with van der Waals surface area (Å²) >= 11 is 0. The molecule has 0 aliphatic carbocycles. The number of benzene rings is 1. The Bertz CT molecular complexity index is 518. The highest BCUT2D eigenvalue weighted by molar-refractivity contribution is 6.08. The number of aliphatic carboxylic acids is 1. The molecule has 0 radical (unpaired) electrons. The van der Waals surface area contributed by atoms with E-state index < -0.39 is 23.5 Å². The van der Waals surface area contributed by atoms with Gasteiger partial charge in [-0.15, -0.1) is 0 Å². The number of amides is 1. The molecule has 0 aliphatic heterocycles. The van der Waals surface area contributed by atoms with Crippen molar-refractivity contribution in [2.75, 3.05) is 5.32 Å². The van der Waals surface area contributed by atoms with Gasteiger partial charge in [0.2, 0.25) is 0 Å². The predicted octanol–water partition coefficient (Wildman–Crippen LogP) is 2.32. The van der Waals surface area contributed by atoms with Gasteiger partial charge < -0.3 is 10.4 Å². The molecule has 0 aliphatic rings. The lowest BCUT2D eigenvalue weighted by Gasteiger charge is -2.07. The molecule has 1 amide bonds. The molecule has 0 saturated carbocycles. The van der Waals surface area contributed by atoms with Gasteiger partial charge >= 0.3 is 5.97 Å². The number of carbonyl (C=O) groups excluding carboxylic acids is 1. The molecule has 1 aromatic carbocycles. The first-order chi connectivity index (χ1) is 8.31. The van der Waals surface area contributed by atoms with E-state index in [0.29, 0.717) is 6.07 Å². The first-order valence-electron chi connectivity index (χ1n) is 4.99. The minimum absolute atomic E-state index is 0.0350. The van der Waals surface area contributed by atoms with Crippen molar-refractivity contribution in [1.29, 1.82) is 0 Å². The minimum Gasteiger partial charge on any atom is -0.478 e. The van der Waals surface area contributed by atoms with E-state index in [9.17, 15) is 18.4 Å². The van der Waals surface area contributed by atoms with Crippen molar-refractivity contribution in [2.24, 2.45) is 0 Å². The van der Waals surface area contributed by atoms with Crippen LogP contribution in [0.15, 0.2) is 29.3 Å². The molecular formula is C12H11F2NO3. The quantitative estimate of drug-likeness (QED) is 0.814. The third kappa shape index (κ3) is 3.38. The molecule has 6 heteroatoms. The molecule has 0 bridgehead atoms. The molecule has 96 valence electrons. The van der Waals surface area contributed by atoms with E-state index >= 15 is 0 Å². The Labute approximate surface area is 102 Å². The summed E-state index contributed by atoms with van der Waals surface area (Å²) < 4.78 is 25.7. The third-order valence-electron chi connectivity index (χ3n) is 2.34. The van der Waals surface area contributed by atoms with Crippen molar-refractivity contribution >= 4 is 17.6 Å². The molecule has 0 spiro atoms. The van der Waals surface area contributed by atoms with Crippen LogP contribution in [-0.2, 0) is 9.59 Å². The van der Waals surface area contributed by atoms with Crippen LogP contribution in [-0.4, -0.2) is 17.0 Å². The molecule has 0 fully saturated rings. The molecule has 4 nitrogen and oxygen atoms in total. The normalized spacial score (nSPS) is 11.8. The van der Waals surface area contributed by atoms with E-state index in [1.807, 2.05) is 0 Å². The smallest absolute Gasteiger partial charge is 0.331 e. The first kappa shape index (κ1) is 13.8. The summed E-state index contributed by atoms with van der Waals surface area (Å²) in [5, 5.41) is 10.9. The second kappa shape index (κ2) is 5.39. The molecule has 1 rings (SSSR count). The van der Waals surface area contributed by atoms with Crippen LogP contribution in [0.1, 0.15) is 13.8 Å². The summed E-state index contributed by atoms with van der Waals surface area (Å²) in [7, 11) is 0. The Balaban J connectivity index is 2.95. The van der Waals surface area contributed by atoms with Gasteiger partial charge in [0.1, 0.15) is 11.6 Å². The Kier molecular flexibility index (Phi) is 4.14. The lowest BCUT2D eigenvalue weighted by molar-refractivity contribution is -0.133. The maximum atomic E-state index is 12.9. The first-order valence-corrected chi connectivity index (χ1v) is 4.99. The van der Waals surface area contributed by atoms with E-state index in [1.165, 1.54) is 13.8 Å². The zero-order chi connectivity index (χ0) is 13.9. The molecule has 1 aromatic rings. The average molecular weight is 255 g/mol. The van der Waals surface area contributed by atoms with Crippen molar-refractivity contribution in [3.8, 4) is 0 Å². The fourth-order valence-corrected chi connectivity index (χ4v) is 1.18. The van der Waals surface area contributed by atoms with Crippen molar-refractivity contribution in [3.63, 3.8) is 0 Å². The second-order valence-electron chi connectivity index (χ2n) is 3.67. The van der Waals surface area contributed by atoms with Crippen LogP contribution in [0.5, 0.6) is 0 Å². The maximum Gasteiger partial charge on any atom is 0.331 e. The molecule has 0 heterocycles. The van der Waals surface area contributed by atoms with E-state index in [2.05, 4.69) is 5.32 Å². The number of hydrogen-bond donors (Lipinski definition) is 2. The van der Waals surface area contributed by atoms with E-state index in [1.54, 1.807) is 0 Å². The zero-order valence-corrected chi connectivity index (χ0v) is 9.75. The lowest BCUT2D eigenvalue weighted by Crippen LogP contribution is -2.16. The number of halogens is 2. The number of anilines is 1. The summed E-state index contributed by atoms with van der Waals surface area (Å²) in [5.74, 6) is -3.61. The van der Waals surface area contributed by atoms with Crippen molar-refractivity contribution < 1.29 is 23.5 Å². The highest BCUT2D eigenvalue weighted by atomic mass is 19.1. The molecule has 0 saturated heterocycles. The van der Waals surface area contributed by atoms with Crippen LogP contribution < -0.4 is 5.32 Å². The van der Waals surface area contributed by atoms with Crippen LogP contribution in [0.4, 0.5) is 14.5 Å². The number of carbonyl (C=O) groups is 2. The number of rotatable bonds is 3. The Morgan fingerprint density at radius 3 is 2.00 bits per heavy atom. The van der Waals surface area contributed by atoms with Crippen LogP contribution in [0.25, 0.3) is 0 Å². The van der Waals surface area contributed by atoms with Gasteiger partial charge in [-0.1, -0.05) is 0 Å². The molecule has 18 heavy (non-hydrogen) atoms. The van der Waals surface area contributed by atoms with Gasteiger partial charge in [0.25, 0.3) is 5.91 Å². The van der Waals surface area contributed by atoms with E-state index in [0.717, 1.165) is 12.1 Å². The van der Waals surface area contributed by atoms with Gasteiger partial charge in [0.15, 0.2) is 0 Å². The number of carboxylic acid groups (broad SMARTS) is 1. The zero-order valence-electron chi connectivity index (χ0n) is 9.75. The van der Waals surface area contributed by atoms with Gasteiger partial charge in [-0.2, -0.15) is 0 Å². The SMILES string of the molecule is C/C(C(=O)O)=C(\C)C(=O)Nc1cc(F)cc(F)c1. The van der Waals surface area contributed by atoms with Gasteiger partial charge in [0.05, 0.1) is 0 Å². The molecule has 0 atom stereocenters. The largest absolute Gasteiger partial charge is 0.478 e. The Morgan fingerprint density at radius 1 is 1.06 bits per heavy atom. The highest BCUT2D eigenvalue weighted by Gasteiger charge is 2.13. The van der Waals surface area contributed by atoms with Crippen molar-refractivity contribution in [3.05, 3.63) is 41.0 Å². The van der Waals surface area contributed by atoms with Crippen LogP contribution in [0, 0.1) is 11.6 Å². The maximum absolute atomic E-state index is 12.9. The fraction of sp³-hybridized carbons (Fsp3) is 0.167. The monoisotopic (exact) mass is 255 g/mol. The summed E-state index contributed by atoms with van der Waals surface area (Å²) in [4.78, 5) is 22.3. The predicted molar refractivity (Wildman–Crippen MR) is 61.0 cm³/mol. The highest BCUT2D eigenvalue weighted by Crippen LogP contribution is 2.14. The van der Waals surface area contributed by atoms with Crippen molar-refractivity contribution in [1.82, 2.24) is 0 Å². The van der Waals surface area contributed by atoms with Crippen LogP contribution >= 0.6 is 0 Å². The summed E-state index contributed by atoms with van der Waals surface area (Å²) in [6, 6.07) is 2.54. The van der Waals surface area contributed by atoms with Gasteiger partial charge in [-0.05, 0) is 26.0 Å². The number of carboxylic acids is 1.